The fraction of sp³-hybridized carbons (Fsp3) is 0.476. The molecule has 0 spiro atoms. The molecule has 1 aliphatic rings. The van der Waals surface area contributed by atoms with Crippen LogP contribution in [0.15, 0.2) is 40.3 Å². The molecule has 0 radical (unpaired) electrons. The fourth-order valence-electron chi connectivity index (χ4n) is 4.12. The summed E-state index contributed by atoms with van der Waals surface area (Å²) in [7, 11) is 1.82. The van der Waals surface area contributed by atoms with Gasteiger partial charge in [-0.2, -0.15) is 4.68 Å². The minimum atomic E-state index is -0.221. The molecule has 1 saturated carbocycles. The average molecular weight is 442 g/mol. The Bertz CT molecular complexity index is 1120. The summed E-state index contributed by atoms with van der Waals surface area (Å²) in [6.45, 7) is 4.04. The van der Waals surface area contributed by atoms with Crippen molar-refractivity contribution in [1.82, 2.24) is 34.9 Å². The van der Waals surface area contributed by atoms with Crippen molar-refractivity contribution in [1.29, 1.82) is 0 Å². The van der Waals surface area contributed by atoms with E-state index in [1.165, 1.54) is 22.9 Å². The van der Waals surface area contributed by atoms with Crippen LogP contribution >= 0.6 is 11.8 Å². The van der Waals surface area contributed by atoms with Crippen LogP contribution in [0.5, 0.6) is 0 Å². The van der Waals surface area contributed by atoms with Crippen LogP contribution in [0.2, 0.25) is 0 Å². The molecule has 0 saturated heterocycles. The molecule has 1 fully saturated rings. The Hall–Kier alpha value is -2.88. The second-order valence-electron chi connectivity index (χ2n) is 8.01. The van der Waals surface area contributed by atoms with Gasteiger partial charge in [0.1, 0.15) is 0 Å². The van der Waals surface area contributed by atoms with Crippen LogP contribution in [0.25, 0.3) is 11.4 Å². The van der Waals surface area contributed by atoms with Gasteiger partial charge in [-0.25, -0.2) is 4.68 Å². The highest BCUT2D eigenvalue weighted by Gasteiger charge is 2.25. The Balaban J connectivity index is 1.54. The summed E-state index contributed by atoms with van der Waals surface area (Å²) in [5.74, 6) is 0.656. The second kappa shape index (κ2) is 9.09. The zero-order chi connectivity index (χ0) is 22.0. The highest BCUT2D eigenvalue weighted by molar-refractivity contribution is 7.99. The van der Waals surface area contributed by atoms with Crippen LogP contribution in [0.1, 0.15) is 38.3 Å². The molecule has 2 atom stereocenters. The van der Waals surface area contributed by atoms with Crippen molar-refractivity contribution < 1.29 is 4.79 Å². The molecule has 1 aliphatic carbocycles. The minimum Gasteiger partial charge on any atom is -0.352 e. The van der Waals surface area contributed by atoms with E-state index < -0.39 is 0 Å². The van der Waals surface area contributed by atoms with Gasteiger partial charge in [0.15, 0.2) is 5.69 Å². The first-order valence-corrected chi connectivity index (χ1v) is 11.5. The van der Waals surface area contributed by atoms with Gasteiger partial charge >= 0.3 is 0 Å². The third-order valence-corrected chi connectivity index (χ3v) is 6.89. The number of benzene rings is 1. The summed E-state index contributed by atoms with van der Waals surface area (Å²) in [5.41, 5.74) is 1.64. The highest BCUT2D eigenvalue weighted by atomic mass is 32.2. The topological polar surface area (TPSA) is 99.6 Å². The summed E-state index contributed by atoms with van der Waals surface area (Å²) in [4.78, 5) is 25.7. The molecule has 9 nitrogen and oxygen atoms in total. The molecule has 1 amide bonds. The first kappa shape index (κ1) is 21.4. The number of nitrogens with one attached hydrogen (secondary N) is 1. The van der Waals surface area contributed by atoms with Gasteiger partial charge in [-0.15, -0.1) is 5.10 Å². The zero-order valence-corrected chi connectivity index (χ0v) is 18.8. The first-order valence-electron chi connectivity index (χ1n) is 10.5. The Morgan fingerprint density at radius 1 is 1.23 bits per heavy atom. The standard InChI is InChI=1S/C21H27N7O2S/c1-14-9-7-8-12-17(14)22-18(29)13-31-21-23-24-25-27(21)19-15(2)26(3)28(20(19)30)16-10-5-4-6-11-16/h4-6,10-11,14,17H,7-9,12-13H2,1-3H3,(H,22,29). The lowest BCUT2D eigenvalue weighted by Crippen LogP contribution is -2.41. The Morgan fingerprint density at radius 2 is 1.97 bits per heavy atom. The van der Waals surface area contributed by atoms with Crippen molar-refractivity contribution in [3.63, 3.8) is 0 Å². The maximum atomic E-state index is 13.2. The number of amides is 1. The van der Waals surface area contributed by atoms with Gasteiger partial charge in [0, 0.05) is 13.1 Å². The predicted octanol–water partition coefficient (Wildman–Crippen LogP) is 2.25. The van der Waals surface area contributed by atoms with E-state index in [9.17, 15) is 9.59 Å². The molecule has 1 N–H and O–H groups in total. The van der Waals surface area contributed by atoms with E-state index in [2.05, 4.69) is 27.8 Å². The third-order valence-electron chi connectivity index (χ3n) is 5.97. The van der Waals surface area contributed by atoms with Gasteiger partial charge in [0.25, 0.3) is 5.56 Å². The van der Waals surface area contributed by atoms with Crippen LogP contribution in [0.4, 0.5) is 0 Å². The number of carbonyl (C=O) groups excluding carboxylic acids is 1. The fourth-order valence-corrected chi connectivity index (χ4v) is 4.80. The third kappa shape index (κ3) is 4.30. The molecule has 0 aliphatic heterocycles. The largest absolute Gasteiger partial charge is 0.352 e. The first-order chi connectivity index (χ1) is 15.0. The van der Waals surface area contributed by atoms with Crippen LogP contribution in [0, 0.1) is 12.8 Å². The number of para-hydroxylation sites is 1. The summed E-state index contributed by atoms with van der Waals surface area (Å²) in [5, 5.41) is 15.4. The molecular weight excluding hydrogens is 414 g/mol. The van der Waals surface area contributed by atoms with E-state index in [0.717, 1.165) is 30.6 Å². The number of hydrogen-bond acceptors (Lipinski definition) is 6. The smallest absolute Gasteiger partial charge is 0.297 e. The summed E-state index contributed by atoms with van der Waals surface area (Å²) in [6.07, 6.45) is 4.56. The summed E-state index contributed by atoms with van der Waals surface area (Å²) in [6, 6.07) is 9.64. The average Bonchev–Trinajstić information content (AvgIpc) is 3.31. The van der Waals surface area contributed by atoms with E-state index in [1.807, 2.05) is 44.3 Å². The van der Waals surface area contributed by atoms with Gasteiger partial charge in [0.05, 0.1) is 17.1 Å². The van der Waals surface area contributed by atoms with E-state index in [-0.39, 0.29) is 23.3 Å². The van der Waals surface area contributed by atoms with E-state index in [0.29, 0.717) is 16.8 Å². The van der Waals surface area contributed by atoms with Gasteiger partial charge in [-0.3, -0.25) is 14.3 Å². The van der Waals surface area contributed by atoms with Crippen LogP contribution < -0.4 is 10.9 Å². The van der Waals surface area contributed by atoms with Crippen molar-refractivity contribution in [3.8, 4) is 11.4 Å². The molecule has 2 aromatic heterocycles. The molecule has 164 valence electrons. The lowest BCUT2D eigenvalue weighted by atomic mass is 9.86. The van der Waals surface area contributed by atoms with Crippen LogP contribution in [0.3, 0.4) is 0 Å². The number of aromatic nitrogens is 6. The van der Waals surface area contributed by atoms with Crippen molar-refractivity contribution in [2.45, 2.75) is 50.7 Å². The Kier molecular flexibility index (Phi) is 6.26. The van der Waals surface area contributed by atoms with Crippen molar-refractivity contribution in [2.75, 3.05) is 5.75 Å². The van der Waals surface area contributed by atoms with Gasteiger partial charge in [0.2, 0.25) is 11.1 Å². The maximum Gasteiger partial charge on any atom is 0.297 e. The monoisotopic (exact) mass is 441 g/mol. The molecule has 3 aromatic rings. The number of carbonyl (C=O) groups is 1. The zero-order valence-electron chi connectivity index (χ0n) is 18.0. The van der Waals surface area contributed by atoms with E-state index in [4.69, 9.17) is 0 Å². The summed E-state index contributed by atoms with van der Waals surface area (Å²) >= 11 is 1.23. The minimum absolute atomic E-state index is 0.0372. The number of hydrogen-bond donors (Lipinski definition) is 1. The number of tetrazole rings is 1. The SMILES string of the molecule is Cc1c(-n2nnnc2SCC(=O)NC2CCCCC2C)c(=O)n(-c2ccccc2)n1C. The van der Waals surface area contributed by atoms with Crippen LogP contribution in [-0.2, 0) is 11.8 Å². The van der Waals surface area contributed by atoms with Crippen molar-refractivity contribution in [3.05, 3.63) is 46.4 Å². The van der Waals surface area contributed by atoms with Gasteiger partial charge < -0.3 is 5.32 Å². The molecule has 31 heavy (non-hydrogen) atoms. The van der Waals surface area contributed by atoms with Crippen LogP contribution in [-0.4, -0.2) is 47.3 Å². The molecule has 2 heterocycles. The predicted molar refractivity (Wildman–Crippen MR) is 119 cm³/mol. The van der Waals surface area contributed by atoms with Gasteiger partial charge in [-0.1, -0.05) is 49.7 Å². The lowest BCUT2D eigenvalue weighted by Gasteiger charge is -2.29. The normalized spacial score (nSPS) is 18.8. The Morgan fingerprint density at radius 3 is 2.71 bits per heavy atom. The molecule has 10 heteroatoms. The molecule has 4 rings (SSSR count). The molecule has 1 aromatic carbocycles. The molecule has 0 bridgehead atoms. The number of thioether (sulfide) groups is 1. The maximum absolute atomic E-state index is 13.2. The summed E-state index contributed by atoms with van der Waals surface area (Å²) < 4.78 is 4.79. The van der Waals surface area contributed by atoms with Crippen molar-refractivity contribution >= 4 is 17.7 Å². The van der Waals surface area contributed by atoms with Gasteiger partial charge in [-0.05, 0) is 48.2 Å². The lowest BCUT2D eigenvalue weighted by molar-refractivity contribution is -0.119. The van der Waals surface area contributed by atoms with Crippen molar-refractivity contribution in [2.24, 2.45) is 13.0 Å². The molecule has 2 unspecified atom stereocenters. The quantitative estimate of drug-likeness (QED) is 0.589. The molecular formula is C21H27N7O2S. The Labute approximate surface area is 184 Å². The second-order valence-corrected chi connectivity index (χ2v) is 8.95. The van der Waals surface area contributed by atoms with E-state index in [1.54, 1.807) is 9.36 Å². The highest BCUT2D eigenvalue weighted by Crippen LogP contribution is 2.24. The number of nitrogens with zero attached hydrogens (tertiary/aromatic N) is 6. The number of rotatable bonds is 6. The van der Waals surface area contributed by atoms with E-state index >= 15 is 0 Å².